The van der Waals surface area contributed by atoms with E-state index in [9.17, 15) is 19.2 Å². The Kier molecular flexibility index (Phi) is 7.16. The van der Waals surface area contributed by atoms with Crippen molar-refractivity contribution in [3.05, 3.63) is 59.3 Å². The number of ether oxygens (including phenoxy) is 1. The average Bonchev–Trinajstić information content (AvgIpc) is 3.49. The summed E-state index contributed by atoms with van der Waals surface area (Å²) in [7, 11) is 0. The van der Waals surface area contributed by atoms with E-state index in [2.05, 4.69) is 20.8 Å². The lowest BCUT2D eigenvalue weighted by atomic mass is 10.0. The molecule has 0 radical (unpaired) electrons. The summed E-state index contributed by atoms with van der Waals surface area (Å²) >= 11 is 0. The fourth-order valence-corrected chi connectivity index (χ4v) is 4.79. The first kappa shape index (κ1) is 24.5. The van der Waals surface area contributed by atoms with Gasteiger partial charge in [-0.3, -0.25) is 29.6 Å². The summed E-state index contributed by atoms with van der Waals surface area (Å²) < 4.78 is 5.88. The molecular weight excluding hydrogens is 474 g/mol. The highest BCUT2D eigenvalue weighted by atomic mass is 16.5. The lowest BCUT2D eigenvalue weighted by molar-refractivity contribution is -0.136. The molecule has 1 atom stereocenters. The summed E-state index contributed by atoms with van der Waals surface area (Å²) in [6, 6.07) is 10.2. The molecule has 3 N–H and O–H groups in total. The van der Waals surface area contributed by atoms with E-state index in [-0.39, 0.29) is 24.1 Å². The number of aromatic nitrogens is 2. The molecule has 10 nitrogen and oxygen atoms in total. The largest absolute Gasteiger partial charge is 0.494 e. The van der Waals surface area contributed by atoms with Gasteiger partial charge in [0.05, 0.1) is 18.3 Å². The second-order valence-corrected chi connectivity index (χ2v) is 9.41. The molecule has 2 aliphatic heterocycles. The Balaban J connectivity index is 0.998. The minimum absolute atomic E-state index is 0.0916. The smallest absolute Gasteiger partial charge is 0.255 e. The van der Waals surface area contributed by atoms with Crippen molar-refractivity contribution in [2.24, 2.45) is 0 Å². The number of piperidine rings is 1. The third-order valence-corrected chi connectivity index (χ3v) is 6.82. The number of nitrogens with one attached hydrogen (secondary N) is 3. The van der Waals surface area contributed by atoms with Crippen molar-refractivity contribution in [1.82, 2.24) is 25.7 Å². The number of rotatable bonds is 10. The fourth-order valence-electron chi connectivity index (χ4n) is 4.79. The van der Waals surface area contributed by atoms with Crippen molar-refractivity contribution >= 4 is 34.5 Å². The van der Waals surface area contributed by atoms with E-state index >= 15 is 0 Å². The normalized spacial score (nSPS) is 17.1. The van der Waals surface area contributed by atoms with Crippen LogP contribution < -0.4 is 15.4 Å². The highest BCUT2D eigenvalue weighted by Crippen LogP contribution is 2.30. The van der Waals surface area contributed by atoms with Crippen LogP contribution in [0.1, 0.15) is 64.8 Å². The van der Waals surface area contributed by atoms with E-state index in [1.165, 1.54) is 4.90 Å². The number of H-pyrrole nitrogens is 1. The summed E-state index contributed by atoms with van der Waals surface area (Å²) in [5.74, 6) is -0.298. The van der Waals surface area contributed by atoms with Gasteiger partial charge in [0.2, 0.25) is 11.8 Å². The average molecular weight is 504 g/mol. The Hall–Kier alpha value is -4.21. The van der Waals surface area contributed by atoms with Crippen LogP contribution in [-0.4, -0.2) is 57.9 Å². The molecule has 1 fully saturated rings. The molecule has 5 rings (SSSR count). The van der Waals surface area contributed by atoms with Gasteiger partial charge in [-0.1, -0.05) is 18.9 Å². The predicted molar refractivity (Wildman–Crippen MR) is 135 cm³/mol. The van der Waals surface area contributed by atoms with Gasteiger partial charge in [0.1, 0.15) is 11.8 Å². The number of unbranched alkanes of at least 4 members (excludes halogenated alkanes) is 3. The zero-order valence-corrected chi connectivity index (χ0v) is 20.4. The molecule has 2 aliphatic rings. The van der Waals surface area contributed by atoms with Gasteiger partial charge < -0.3 is 15.0 Å². The molecule has 0 saturated carbocycles. The standard InChI is InChI=1S/C27H29N5O5/c33-24-10-9-23(26(35)30-24)32-16-19-13-20(7-8-21(19)27(32)36)37-12-4-2-1-3-11-28-25(34)17-5-6-18-15-29-31-22(18)14-17/h5-8,13-15,23H,1-4,9-12,16H2,(H,28,34)(H,29,31)(H,30,33,35). The molecule has 192 valence electrons. The Bertz CT molecular complexity index is 1350. The van der Waals surface area contributed by atoms with Crippen molar-refractivity contribution < 1.29 is 23.9 Å². The van der Waals surface area contributed by atoms with Gasteiger partial charge in [-0.25, -0.2) is 0 Å². The molecule has 1 aromatic heterocycles. The molecule has 0 spiro atoms. The van der Waals surface area contributed by atoms with Gasteiger partial charge in [-0.2, -0.15) is 5.10 Å². The van der Waals surface area contributed by atoms with Gasteiger partial charge in [-0.15, -0.1) is 0 Å². The van der Waals surface area contributed by atoms with Gasteiger partial charge in [-0.05, 0) is 55.2 Å². The first-order chi connectivity index (χ1) is 18.0. The molecule has 37 heavy (non-hydrogen) atoms. The lowest BCUT2D eigenvalue weighted by Gasteiger charge is -2.29. The number of hydrogen-bond acceptors (Lipinski definition) is 6. The van der Waals surface area contributed by atoms with E-state index in [0.29, 0.717) is 43.0 Å². The summed E-state index contributed by atoms with van der Waals surface area (Å²) in [5.41, 5.74) is 2.86. The number of carbonyl (C=O) groups excluding carboxylic acids is 4. The van der Waals surface area contributed by atoms with Crippen LogP contribution in [0.15, 0.2) is 42.6 Å². The lowest BCUT2D eigenvalue weighted by Crippen LogP contribution is -2.52. The van der Waals surface area contributed by atoms with Crippen LogP contribution in [0, 0.1) is 0 Å². The SMILES string of the molecule is O=C1CCC(N2Cc3cc(OCCCCCCNC(=O)c4ccc5cn[nH]c5c4)ccc3C2=O)C(=O)N1. The Morgan fingerprint density at radius 2 is 1.95 bits per heavy atom. The zero-order valence-electron chi connectivity index (χ0n) is 20.4. The number of benzene rings is 2. The van der Waals surface area contributed by atoms with Crippen LogP contribution in [-0.2, 0) is 16.1 Å². The molecule has 2 aromatic carbocycles. The van der Waals surface area contributed by atoms with Crippen molar-refractivity contribution in [1.29, 1.82) is 0 Å². The molecule has 0 aliphatic carbocycles. The minimum Gasteiger partial charge on any atom is -0.494 e. The van der Waals surface area contributed by atoms with E-state index < -0.39 is 11.9 Å². The van der Waals surface area contributed by atoms with E-state index in [1.807, 2.05) is 12.1 Å². The first-order valence-corrected chi connectivity index (χ1v) is 12.6. The summed E-state index contributed by atoms with van der Waals surface area (Å²) in [6.45, 7) is 1.50. The number of hydrogen-bond donors (Lipinski definition) is 3. The number of fused-ring (bicyclic) bond motifs is 2. The molecule has 3 aromatic rings. The first-order valence-electron chi connectivity index (χ1n) is 12.6. The van der Waals surface area contributed by atoms with E-state index in [0.717, 1.165) is 42.1 Å². The minimum atomic E-state index is -0.619. The second kappa shape index (κ2) is 10.8. The van der Waals surface area contributed by atoms with Crippen molar-refractivity contribution in [3.63, 3.8) is 0 Å². The third-order valence-electron chi connectivity index (χ3n) is 6.82. The number of imide groups is 1. The maximum Gasteiger partial charge on any atom is 0.255 e. The van der Waals surface area contributed by atoms with Crippen LogP contribution in [0.25, 0.3) is 10.9 Å². The molecule has 10 heteroatoms. The van der Waals surface area contributed by atoms with Crippen molar-refractivity contribution in [2.45, 2.75) is 51.1 Å². The second-order valence-electron chi connectivity index (χ2n) is 9.41. The number of aromatic amines is 1. The van der Waals surface area contributed by atoms with Gasteiger partial charge in [0.25, 0.3) is 11.8 Å². The molecule has 4 amide bonds. The van der Waals surface area contributed by atoms with Gasteiger partial charge >= 0.3 is 0 Å². The van der Waals surface area contributed by atoms with E-state index in [1.54, 1.807) is 30.5 Å². The Morgan fingerprint density at radius 3 is 2.81 bits per heavy atom. The van der Waals surface area contributed by atoms with Crippen molar-refractivity contribution in [3.8, 4) is 5.75 Å². The molecule has 1 saturated heterocycles. The topological polar surface area (TPSA) is 133 Å². The van der Waals surface area contributed by atoms with Crippen molar-refractivity contribution in [2.75, 3.05) is 13.2 Å². The van der Waals surface area contributed by atoms with Crippen LogP contribution in [0.2, 0.25) is 0 Å². The zero-order chi connectivity index (χ0) is 25.8. The summed E-state index contributed by atoms with van der Waals surface area (Å²) in [4.78, 5) is 50.2. The number of nitrogens with zero attached hydrogens (tertiary/aromatic N) is 2. The Morgan fingerprint density at radius 1 is 1.08 bits per heavy atom. The highest BCUT2D eigenvalue weighted by molar-refractivity contribution is 6.05. The molecule has 0 bridgehead atoms. The summed E-state index contributed by atoms with van der Waals surface area (Å²) in [5, 5.41) is 13.1. The molecule has 1 unspecified atom stereocenters. The number of amides is 4. The molecular formula is C27H29N5O5. The predicted octanol–water partition coefficient (Wildman–Crippen LogP) is 2.69. The quantitative estimate of drug-likeness (QED) is 0.288. The van der Waals surface area contributed by atoms with E-state index in [4.69, 9.17) is 4.74 Å². The third kappa shape index (κ3) is 5.47. The highest BCUT2D eigenvalue weighted by Gasteiger charge is 2.39. The fraction of sp³-hybridized carbons (Fsp3) is 0.370. The summed E-state index contributed by atoms with van der Waals surface area (Å²) in [6.07, 6.45) is 6.02. The Labute approximate surface area is 213 Å². The van der Waals surface area contributed by atoms with Crippen LogP contribution in [0.3, 0.4) is 0 Å². The number of carbonyl (C=O) groups is 4. The van der Waals surface area contributed by atoms with Gasteiger partial charge in [0.15, 0.2) is 0 Å². The van der Waals surface area contributed by atoms with Gasteiger partial charge in [0, 0.05) is 36.0 Å². The molecule has 3 heterocycles. The maximum atomic E-state index is 12.8. The monoisotopic (exact) mass is 503 g/mol. The van der Waals surface area contributed by atoms with Crippen LogP contribution in [0.4, 0.5) is 0 Å². The maximum absolute atomic E-state index is 12.8. The van der Waals surface area contributed by atoms with Crippen LogP contribution >= 0.6 is 0 Å². The van der Waals surface area contributed by atoms with Crippen LogP contribution in [0.5, 0.6) is 5.75 Å².